The van der Waals surface area contributed by atoms with Gasteiger partial charge in [-0.2, -0.15) is 0 Å². The first-order valence-electron chi connectivity index (χ1n) is 11.8. The normalized spacial score (nSPS) is 18.3. The molecule has 0 bridgehead atoms. The predicted octanol–water partition coefficient (Wildman–Crippen LogP) is 4.59. The minimum absolute atomic E-state index is 0.0557. The fourth-order valence-corrected chi connectivity index (χ4v) is 5.31. The summed E-state index contributed by atoms with van der Waals surface area (Å²) < 4.78 is 0. The van der Waals surface area contributed by atoms with Crippen LogP contribution in [0, 0.1) is 0 Å². The summed E-state index contributed by atoms with van der Waals surface area (Å²) in [5.41, 5.74) is 3.96. The van der Waals surface area contributed by atoms with Gasteiger partial charge in [0, 0.05) is 29.3 Å². The number of hydrogen-bond donors (Lipinski definition) is 5. The highest BCUT2D eigenvalue weighted by atomic mass is 16.3. The van der Waals surface area contributed by atoms with Gasteiger partial charge in [0.25, 0.3) is 0 Å². The number of aromatic nitrogens is 1. The van der Waals surface area contributed by atoms with E-state index in [1.807, 2.05) is 12.3 Å². The van der Waals surface area contributed by atoms with E-state index >= 15 is 0 Å². The second kappa shape index (κ2) is 9.84. The van der Waals surface area contributed by atoms with E-state index in [2.05, 4.69) is 35.1 Å². The number of rotatable bonds is 9. The maximum atomic E-state index is 10.8. The van der Waals surface area contributed by atoms with Crippen molar-refractivity contribution in [2.24, 2.45) is 0 Å². The molecule has 1 aliphatic rings. The van der Waals surface area contributed by atoms with E-state index in [9.17, 15) is 15.3 Å². The zero-order valence-electron chi connectivity index (χ0n) is 19.1. The molecule has 0 radical (unpaired) electrons. The molecule has 172 valence electrons. The van der Waals surface area contributed by atoms with Crippen molar-refractivity contribution in [2.45, 2.75) is 58.0 Å². The summed E-state index contributed by atoms with van der Waals surface area (Å²) in [4.78, 5) is 5.70. The Morgan fingerprint density at radius 3 is 2.59 bits per heavy atom. The molecule has 0 fully saturated rings. The zero-order chi connectivity index (χ0) is 22.7. The summed E-state index contributed by atoms with van der Waals surface area (Å²) in [6.07, 6.45) is 6.92. The molecule has 6 heteroatoms. The van der Waals surface area contributed by atoms with Crippen LogP contribution in [0.4, 0.5) is 0 Å². The molecule has 3 aromatic rings. The van der Waals surface area contributed by atoms with Crippen molar-refractivity contribution in [2.75, 3.05) is 19.6 Å². The fraction of sp³-hybridized carbons (Fsp3) is 0.462. The number of nitrogens with zero attached hydrogens (tertiary/aromatic N) is 1. The Bertz CT molecular complexity index is 1060. The van der Waals surface area contributed by atoms with Crippen LogP contribution in [0.25, 0.3) is 10.9 Å². The van der Waals surface area contributed by atoms with E-state index in [1.54, 1.807) is 12.1 Å². The average Bonchev–Trinajstić information content (AvgIpc) is 3.17. The number of phenols is 3. The number of nitrogens with one attached hydrogen (secondary N) is 2. The first kappa shape index (κ1) is 22.5. The minimum atomic E-state index is 0.0557. The van der Waals surface area contributed by atoms with Crippen LogP contribution in [-0.2, 0) is 12.8 Å². The van der Waals surface area contributed by atoms with Crippen LogP contribution in [0.15, 0.2) is 36.5 Å². The van der Waals surface area contributed by atoms with E-state index in [-0.39, 0.29) is 17.5 Å². The van der Waals surface area contributed by atoms with E-state index in [1.165, 1.54) is 11.6 Å². The lowest BCUT2D eigenvalue weighted by atomic mass is 9.82. The maximum absolute atomic E-state index is 10.8. The third-order valence-corrected chi connectivity index (χ3v) is 6.67. The molecule has 1 aromatic heterocycles. The van der Waals surface area contributed by atoms with Gasteiger partial charge in [-0.1, -0.05) is 26.0 Å². The molecule has 0 aliphatic heterocycles. The van der Waals surface area contributed by atoms with Crippen molar-refractivity contribution in [1.82, 2.24) is 15.2 Å². The number of H-pyrrole nitrogens is 1. The Labute approximate surface area is 189 Å². The van der Waals surface area contributed by atoms with Crippen LogP contribution in [0.1, 0.15) is 55.8 Å². The molecule has 0 spiro atoms. The Morgan fingerprint density at radius 2 is 1.84 bits per heavy atom. The smallest absolute Gasteiger partial charge is 0.143 e. The van der Waals surface area contributed by atoms with E-state index in [4.69, 9.17) is 0 Å². The van der Waals surface area contributed by atoms with Gasteiger partial charge in [0.2, 0.25) is 0 Å². The highest BCUT2D eigenvalue weighted by Gasteiger charge is 2.34. The monoisotopic (exact) mass is 437 g/mol. The Hall–Kier alpha value is -2.70. The van der Waals surface area contributed by atoms with Gasteiger partial charge in [-0.3, -0.25) is 4.90 Å². The van der Waals surface area contributed by atoms with E-state index in [0.717, 1.165) is 68.3 Å². The molecule has 1 heterocycles. The van der Waals surface area contributed by atoms with Crippen molar-refractivity contribution in [3.8, 4) is 17.2 Å². The lowest BCUT2D eigenvalue weighted by Gasteiger charge is -2.41. The molecule has 0 amide bonds. The summed E-state index contributed by atoms with van der Waals surface area (Å²) in [7, 11) is 0. The molecule has 0 saturated carbocycles. The number of benzene rings is 2. The summed E-state index contributed by atoms with van der Waals surface area (Å²) >= 11 is 0. The largest absolute Gasteiger partial charge is 0.508 e. The Kier molecular flexibility index (Phi) is 6.92. The summed E-state index contributed by atoms with van der Waals surface area (Å²) in [6, 6.07) is 9.31. The standard InChI is InChI=1S/C26H35N3O3/c1-3-12-29(13-4-2)21-9-8-17-6-5-7-22(31)24(17)26(21)27-11-10-18-16-28-25-20(18)14-19(30)15-23(25)32/h5-7,14-16,21,26-28,30-32H,3-4,8-13H2,1-2H3. The number of aromatic hydroxyl groups is 3. The van der Waals surface area contributed by atoms with Crippen molar-refractivity contribution >= 4 is 10.9 Å². The third-order valence-electron chi connectivity index (χ3n) is 6.67. The maximum Gasteiger partial charge on any atom is 0.143 e. The van der Waals surface area contributed by atoms with Crippen molar-refractivity contribution in [3.05, 3.63) is 53.2 Å². The summed E-state index contributed by atoms with van der Waals surface area (Å²) in [5, 5.41) is 35.3. The SMILES string of the molecule is CCCN(CCC)C1CCc2cccc(O)c2C1NCCc1c[nH]c2c(O)cc(O)cc12. The summed E-state index contributed by atoms with van der Waals surface area (Å²) in [5.74, 6) is 0.490. The quantitative estimate of drug-likeness (QED) is 0.338. The van der Waals surface area contributed by atoms with Crippen LogP contribution >= 0.6 is 0 Å². The molecule has 6 nitrogen and oxygen atoms in total. The Balaban J connectivity index is 1.57. The first-order valence-corrected chi connectivity index (χ1v) is 11.8. The van der Waals surface area contributed by atoms with Crippen LogP contribution in [-0.4, -0.2) is 50.9 Å². The molecular formula is C26H35N3O3. The summed E-state index contributed by atoms with van der Waals surface area (Å²) in [6.45, 7) is 7.29. The van der Waals surface area contributed by atoms with E-state index in [0.29, 0.717) is 17.3 Å². The molecule has 0 saturated heterocycles. The number of fused-ring (bicyclic) bond motifs is 2. The van der Waals surface area contributed by atoms with Gasteiger partial charge in [-0.15, -0.1) is 0 Å². The van der Waals surface area contributed by atoms with Crippen molar-refractivity contribution in [1.29, 1.82) is 0 Å². The number of aryl methyl sites for hydroxylation is 1. The number of aromatic amines is 1. The fourth-order valence-electron chi connectivity index (χ4n) is 5.31. The highest BCUT2D eigenvalue weighted by Crippen LogP contribution is 2.38. The van der Waals surface area contributed by atoms with Gasteiger partial charge >= 0.3 is 0 Å². The van der Waals surface area contributed by atoms with E-state index < -0.39 is 0 Å². The molecule has 2 atom stereocenters. The number of hydrogen-bond acceptors (Lipinski definition) is 5. The second-order valence-corrected chi connectivity index (χ2v) is 8.88. The van der Waals surface area contributed by atoms with Gasteiger partial charge in [0.1, 0.15) is 17.2 Å². The predicted molar refractivity (Wildman–Crippen MR) is 128 cm³/mol. The molecule has 4 rings (SSSR count). The van der Waals surface area contributed by atoms with Crippen LogP contribution in [0.3, 0.4) is 0 Å². The van der Waals surface area contributed by atoms with Crippen LogP contribution in [0.2, 0.25) is 0 Å². The lowest BCUT2D eigenvalue weighted by Crippen LogP contribution is -2.48. The Morgan fingerprint density at radius 1 is 1.06 bits per heavy atom. The lowest BCUT2D eigenvalue weighted by molar-refractivity contribution is 0.138. The van der Waals surface area contributed by atoms with Gasteiger partial charge in [0.15, 0.2) is 0 Å². The molecule has 2 aromatic carbocycles. The van der Waals surface area contributed by atoms with Gasteiger partial charge in [-0.05, 0) is 75.0 Å². The van der Waals surface area contributed by atoms with Gasteiger partial charge < -0.3 is 25.6 Å². The van der Waals surface area contributed by atoms with Gasteiger partial charge in [-0.25, -0.2) is 0 Å². The average molecular weight is 438 g/mol. The third kappa shape index (κ3) is 4.43. The zero-order valence-corrected chi connectivity index (χ0v) is 19.1. The minimum Gasteiger partial charge on any atom is -0.508 e. The number of phenolic OH excluding ortho intramolecular Hbond substituents is 3. The van der Waals surface area contributed by atoms with Crippen LogP contribution < -0.4 is 5.32 Å². The molecule has 1 aliphatic carbocycles. The molecular weight excluding hydrogens is 402 g/mol. The molecule has 2 unspecified atom stereocenters. The van der Waals surface area contributed by atoms with Gasteiger partial charge in [0.05, 0.1) is 11.6 Å². The second-order valence-electron chi connectivity index (χ2n) is 8.88. The van der Waals surface area contributed by atoms with Crippen molar-refractivity contribution in [3.63, 3.8) is 0 Å². The van der Waals surface area contributed by atoms with Crippen molar-refractivity contribution < 1.29 is 15.3 Å². The molecule has 5 N–H and O–H groups in total. The first-order chi connectivity index (χ1) is 15.5. The topological polar surface area (TPSA) is 91.8 Å². The highest BCUT2D eigenvalue weighted by molar-refractivity contribution is 5.89. The van der Waals surface area contributed by atoms with Crippen LogP contribution in [0.5, 0.6) is 17.2 Å². The molecule has 32 heavy (non-hydrogen) atoms.